The number of morpholine rings is 1. The molecular weight excluding hydrogens is 457 g/mol. The number of anilines is 1. The molecule has 1 amide bonds. The number of nitrogens with zero attached hydrogens (tertiary/aromatic N) is 3. The van der Waals surface area contributed by atoms with Crippen molar-refractivity contribution in [2.24, 2.45) is 0 Å². The van der Waals surface area contributed by atoms with Gasteiger partial charge >= 0.3 is 0 Å². The molecule has 1 aliphatic heterocycles. The van der Waals surface area contributed by atoms with Crippen molar-refractivity contribution in [3.05, 3.63) is 52.0 Å². The molecule has 0 radical (unpaired) electrons. The van der Waals surface area contributed by atoms with E-state index in [1.54, 1.807) is 30.2 Å². The van der Waals surface area contributed by atoms with Crippen molar-refractivity contribution in [3.8, 4) is 5.75 Å². The van der Waals surface area contributed by atoms with Crippen molar-refractivity contribution in [1.29, 1.82) is 0 Å². The predicted octanol–water partition coefficient (Wildman–Crippen LogP) is 4.98. The van der Waals surface area contributed by atoms with Crippen LogP contribution < -0.4 is 9.64 Å². The fourth-order valence-electron chi connectivity index (χ4n) is 3.51. The van der Waals surface area contributed by atoms with Crippen LogP contribution in [0.1, 0.15) is 16.8 Å². The Morgan fingerprint density at radius 1 is 1.23 bits per heavy atom. The van der Waals surface area contributed by atoms with Crippen molar-refractivity contribution < 1.29 is 14.3 Å². The van der Waals surface area contributed by atoms with Crippen LogP contribution in [0, 0.1) is 0 Å². The van der Waals surface area contributed by atoms with E-state index < -0.39 is 0 Å². The SMILES string of the molecule is COc1ccc2sc(N(CCCN3CCOCC3)C(=O)c3ccc(Cl)cc3Cl)nc2c1. The molecule has 1 fully saturated rings. The van der Waals surface area contributed by atoms with Gasteiger partial charge in [-0.1, -0.05) is 34.5 Å². The summed E-state index contributed by atoms with van der Waals surface area (Å²) in [7, 11) is 1.62. The molecule has 1 aromatic heterocycles. The van der Waals surface area contributed by atoms with Crippen molar-refractivity contribution in [3.63, 3.8) is 0 Å². The lowest BCUT2D eigenvalue weighted by molar-refractivity contribution is 0.0376. The number of amides is 1. The largest absolute Gasteiger partial charge is 0.497 e. The van der Waals surface area contributed by atoms with E-state index in [0.717, 1.165) is 55.2 Å². The summed E-state index contributed by atoms with van der Waals surface area (Å²) in [4.78, 5) is 22.3. The van der Waals surface area contributed by atoms with Crippen LogP contribution in [0.3, 0.4) is 0 Å². The topological polar surface area (TPSA) is 54.9 Å². The number of carbonyl (C=O) groups excluding carboxylic acids is 1. The van der Waals surface area contributed by atoms with E-state index in [2.05, 4.69) is 4.90 Å². The third-order valence-corrected chi connectivity index (χ3v) is 6.79. The molecule has 2 aromatic carbocycles. The Morgan fingerprint density at radius 2 is 2.03 bits per heavy atom. The molecule has 0 N–H and O–H groups in total. The maximum absolute atomic E-state index is 13.5. The molecule has 0 bridgehead atoms. The van der Waals surface area contributed by atoms with Crippen molar-refractivity contribution in [1.82, 2.24) is 9.88 Å². The van der Waals surface area contributed by atoms with E-state index in [4.69, 9.17) is 37.7 Å². The molecule has 0 saturated carbocycles. The van der Waals surface area contributed by atoms with Crippen LogP contribution in [-0.4, -0.2) is 62.3 Å². The first-order valence-corrected chi connectivity index (χ1v) is 11.6. The Kier molecular flexibility index (Phi) is 7.30. The zero-order valence-electron chi connectivity index (χ0n) is 17.1. The Balaban J connectivity index is 1.60. The Labute approximate surface area is 195 Å². The number of benzene rings is 2. The molecule has 0 spiro atoms. The van der Waals surface area contributed by atoms with Crippen LogP contribution in [0.5, 0.6) is 5.75 Å². The Morgan fingerprint density at radius 3 is 2.77 bits per heavy atom. The highest BCUT2D eigenvalue weighted by Crippen LogP contribution is 2.33. The number of halogens is 2. The lowest BCUT2D eigenvalue weighted by atomic mass is 10.2. The fraction of sp³-hybridized carbons (Fsp3) is 0.364. The Bertz CT molecular complexity index is 1070. The third kappa shape index (κ3) is 5.30. The summed E-state index contributed by atoms with van der Waals surface area (Å²) in [5.74, 6) is 0.546. The zero-order chi connectivity index (χ0) is 21.8. The number of carbonyl (C=O) groups is 1. The van der Waals surface area contributed by atoms with Gasteiger partial charge in [-0.25, -0.2) is 4.98 Å². The average Bonchev–Trinajstić information content (AvgIpc) is 3.20. The van der Waals surface area contributed by atoms with Crippen LogP contribution in [-0.2, 0) is 4.74 Å². The minimum atomic E-state index is -0.185. The van der Waals surface area contributed by atoms with Gasteiger partial charge in [0.2, 0.25) is 0 Å². The normalized spacial score (nSPS) is 14.7. The molecule has 31 heavy (non-hydrogen) atoms. The monoisotopic (exact) mass is 479 g/mol. The number of ether oxygens (including phenoxy) is 2. The molecule has 0 aliphatic carbocycles. The molecule has 1 saturated heterocycles. The van der Waals surface area contributed by atoms with Gasteiger partial charge in [0.15, 0.2) is 5.13 Å². The number of fused-ring (bicyclic) bond motifs is 1. The van der Waals surface area contributed by atoms with Gasteiger partial charge in [-0.3, -0.25) is 14.6 Å². The van der Waals surface area contributed by atoms with Gasteiger partial charge in [-0.15, -0.1) is 0 Å². The lowest BCUT2D eigenvalue weighted by Crippen LogP contribution is -2.39. The van der Waals surface area contributed by atoms with Gasteiger partial charge in [0.25, 0.3) is 5.91 Å². The van der Waals surface area contributed by atoms with Gasteiger partial charge in [0, 0.05) is 37.3 Å². The quantitative estimate of drug-likeness (QED) is 0.478. The van der Waals surface area contributed by atoms with Gasteiger partial charge in [0.1, 0.15) is 5.75 Å². The van der Waals surface area contributed by atoms with E-state index in [1.807, 2.05) is 18.2 Å². The third-order valence-electron chi connectivity index (χ3n) is 5.18. The molecule has 0 atom stereocenters. The fourth-order valence-corrected chi connectivity index (χ4v) is 4.97. The molecule has 9 heteroatoms. The minimum absolute atomic E-state index is 0.185. The molecule has 164 valence electrons. The summed E-state index contributed by atoms with van der Waals surface area (Å²) in [6, 6.07) is 10.7. The van der Waals surface area contributed by atoms with E-state index in [1.165, 1.54) is 11.3 Å². The van der Waals surface area contributed by atoms with Crippen LogP contribution in [0.15, 0.2) is 36.4 Å². The molecule has 2 heterocycles. The van der Waals surface area contributed by atoms with Gasteiger partial charge in [-0.05, 0) is 36.8 Å². The van der Waals surface area contributed by atoms with Gasteiger partial charge in [-0.2, -0.15) is 0 Å². The highest BCUT2D eigenvalue weighted by atomic mass is 35.5. The van der Waals surface area contributed by atoms with Crippen LogP contribution in [0.25, 0.3) is 10.2 Å². The maximum atomic E-state index is 13.5. The maximum Gasteiger partial charge on any atom is 0.261 e. The van der Waals surface area contributed by atoms with Gasteiger partial charge in [0.05, 0.1) is 41.1 Å². The first kappa shape index (κ1) is 22.3. The molecule has 1 aliphatic rings. The number of hydrogen-bond acceptors (Lipinski definition) is 6. The molecule has 3 aromatic rings. The van der Waals surface area contributed by atoms with Crippen LogP contribution in [0.4, 0.5) is 5.13 Å². The summed E-state index contributed by atoms with van der Waals surface area (Å²) in [5.41, 5.74) is 1.21. The molecule has 6 nitrogen and oxygen atoms in total. The van der Waals surface area contributed by atoms with E-state index in [9.17, 15) is 4.79 Å². The lowest BCUT2D eigenvalue weighted by Gasteiger charge is -2.27. The Hall–Kier alpha value is -1.90. The van der Waals surface area contributed by atoms with Gasteiger partial charge < -0.3 is 9.47 Å². The number of aromatic nitrogens is 1. The predicted molar refractivity (Wildman–Crippen MR) is 126 cm³/mol. The second-order valence-electron chi connectivity index (χ2n) is 7.22. The smallest absolute Gasteiger partial charge is 0.261 e. The molecule has 4 rings (SSSR count). The summed E-state index contributed by atoms with van der Waals surface area (Å²) in [6.07, 6.45) is 0.816. The highest BCUT2D eigenvalue weighted by Gasteiger charge is 2.24. The summed E-state index contributed by atoms with van der Waals surface area (Å²) in [5, 5.41) is 1.47. The summed E-state index contributed by atoms with van der Waals surface area (Å²) >= 11 is 13.8. The number of methoxy groups -OCH3 is 1. The van der Waals surface area contributed by atoms with Crippen LogP contribution in [0.2, 0.25) is 10.0 Å². The summed E-state index contributed by atoms with van der Waals surface area (Å²) in [6.45, 7) is 4.76. The number of hydrogen-bond donors (Lipinski definition) is 0. The molecule has 0 unspecified atom stereocenters. The van der Waals surface area contributed by atoms with Crippen molar-refractivity contribution >= 4 is 55.8 Å². The van der Waals surface area contributed by atoms with E-state index >= 15 is 0 Å². The molecular formula is C22H23Cl2N3O3S. The highest BCUT2D eigenvalue weighted by molar-refractivity contribution is 7.22. The minimum Gasteiger partial charge on any atom is -0.497 e. The second kappa shape index (κ2) is 10.1. The van der Waals surface area contributed by atoms with Crippen molar-refractivity contribution in [2.45, 2.75) is 6.42 Å². The van der Waals surface area contributed by atoms with Crippen molar-refractivity contribution in [2.75, 3.05) is 51.4 Å². The van der Waals surface area contributed by atoms with E-state index in [0.29, 0.717) is 27.3 Å². The number of thiazole rings is 1. The number of rotatable bonds is 7. The summed E-state index contributed by atoms with van der Waals surface area (Å²) < 4.78 is 11.7. The first-order chi connectivity index (χ1) is 15.0. The first-order valence-electron chi connectivity index (χ1n) is 10.1. The second-order valence-corrected chi connectivity index (χ2v) is 9.07. The standard InChI is InChI=1S/C22H23Cl2N3O3S/c1-29-16-4-6-20-19(14-16)25-22(31-20)27(8-2-7-26-9-11-30-12-10-26)21(28)17-5-3-15(23)13-18(17)24/h3-6,13-14H,2,7-12H2,1H3. The average molecular weight is 480 g/mol. The zero-order valence-corrected chi connectivity index (χ0v) is 19.5. The van der Waals surface area contributed by atoms with Crippen LogP contribution >= 0.6 is 34.5 Å². The van der Waals surface area contributed by atoms with E-state index in [-0.39, 0.29) is 5.91 Å².